The molecule has 0 aromatic heterocycles. The van der Waals surface area contributed by atoms with Gasteiger partial charge < -0.3 is 16.0 Å². The molecule has 27 heavy (non-hydrogen) atoms. The number of carbonyl (C=O) groups excluding carboxylic acids is 1. The maximum atomic E-state index is 12.1. The molecule has 1 amide bonds. The number of aliphatic imine (C=N–C) groups is 1. The molecule has 1 aliphatic carbocycles. The predicted molar refractivity (Wildman–Crippen MR) is 113 cm³/mol. The Labute approximate surface area is 165 Å². The van der Waals surface area contributed by atoms with E-state index in [0.717, 1.165) is 43.0 Å². The summed E-state index contributed by atoms with van der Waals surface area (Å²) in [4.78, 5) is 16.4. The number of nitrogens with one attached hydrogen (secondary N) is 3. The van der Waals surface area contributed by atoms with Crippen LogP contribution in [0.25, 0.3) is 0 Å². The van der Waals surface area contributed by atoms with Gasteiger partial charge in [0, 0.05) is 53.5 Å². The lowest BCUT2D eigenvalue weighted by molar-refractivity contribution is 0.0954. The van der Waals surface area contributed by atoms with Crippen LogP contribution < -0.4 is 16.0 Å². The van der Waals surface area contributed by atoms with Gasteiger partial charge in [0.25, 0.3) is 5.91 Å². The summed E-state index contributed by atoms with van der Waals surface area (Å²) in [5, 5.41) is 9.87. The second-order valence-electron chi connectivity index (χ2n) is 6.92. The summed E-state index contributed by atoms with van der Waals surface area (Å²) in [6.45, 7) is 5.06. The molecular weight excluding hydrogens is 360 g/mol. The first-order valence-corrected chi connectivity index (χ1v) is 11.1. The van der Waals surface area contributed by atoms with Crippen molar-refractivity contribution in [2.45, 2.75) is 50.8 Å². The zero-order valence-corrected chi connectivity index (χ0v) is 17.4. The molecule has 3 unspecified atom stereocenters. The molecular formula is C20H32N4O2S. The largest absolute Gasteiger partial charge is 0.355 e. The van der Waals surface area contributed by atoms with Crippen molar-refractivity contribution in [1.29, 1.82) is 0 Å². The third-order valence-electron chi connectivity index (χ3n) is 4.83. The van der Waals surface area contributed by atoms with Gasteiger partial charge in [0.2, 0.25) is 0 Å². The van der Waals surface area contributed by atoms with Crippen molar-refractivity contribution in [2.24, 2.45) is 4.99 Å². The second-order valence-corrected chi connectivity index (χ2v) is 8.93. The summed E-state index contributed by atoms with van der Waals surface area (Å²) in [6.07, 6.45) is 4.14. The zero-order valence-electron chi connectivity index (χ0n) is 16.6. The fourth-order valence-electron chi connectivity index (χ4n) is 3.38. The van der Waals surface area contributed by atoms with E-state index in [9.17, 15) is 9.00 Å². The Kier molecular flexibility index (Phi) is 8.78. The topological polar surface area (TPSA) is 82.6 Å². The van der Waals surface area contributed by atoms with E-state index in [1.165, 1.54) is 0 Å². The highest BCUT2D eigenvalue weighted by Gasteiger charge is 2.25. The summed E-state index contributed by atoms with van der Waals surface area (Å²) in [5.41, 5.74) is 1.75. The monoisotopic (exact) mass is 392 g/mol. The van der Waals surface area contributed by atoms with E-state index in [1.807, 2.05) is 38.1 Å². The van der Waals surface area contributed by atoms with E-state index in [1.54, 1.807) is 7.05 Å². The van der Waals surface area contributed by atoms with Crippen LogP contribution in [0.2, 0.25) is 0 Å². The molecule has 3 atom stereocenters. The predicted octanol–water partition coefficient (Wildman–Crippen LogP) is 1.97. The van der Waals surface area contributed by atoms with Crippen molar-refractivity contribution in [2.75, 3.05) is 25.9 Å². The lowest BCUT2D eigenvalue weighted by Gasteiger charge is -2.30. The van der Waals surface area contributed by atoms with E-state index < -0.39 is 10.8 Å². The van der Waals surface area contributed by atoms with E-state index in [0.29, 0.717) is 24.7 Å². The van der Waals surface area contributed by atoms with E-state index in [2.05, 4.69) is 20.9 Å². The molecule has 0 radical (unpaired) electrons. The normalized spacial score (nSPS) is 21.4. The maximum Gasteiger partial charge on any atom is 0.251 e. The van der Waals surface area contributed by atoms with Crippen LogP contribution in [0.4, 0.5) is 0 Å². The van der Waals surface area contributed by atoms with E-state index in [4.69, 9.17) is 0 Å². The Bertz CT molecular complexity index is 678. The number of hydrogen-bond donors (Lipinski definition) is 3. The quantitative estimate of drug-likeness (QED) is 0.376. The summed E-state index contributed by atoms with van der Waals surface area (Å²) in [7, 11) is 1.01. The van der Waals surface area contributed by atoms with Gasteiger partial charge in [0.1, 0.15) is 0 Å². The average Bonchev–Trinajstić information content (AvgIpc) is 2.69. The highest BCUT2D eigenvalue weighted by Crippen LogP contribution is 2.22. The SMILES string of the molecule is CCS(=O)C1CCCC(NC(=NC)NCCNC(=O)c2cccc(C)c2)C1. The van der Waals surface area contributed by atoms with E-state index in [-0.39, 0.29) is 11.2 Å². The van der Waals surface area contributed by atoms with Crippen molar-refractivity contribution in [3.8, 4) is 0 Å². The number of nitrogens with zero attached hydrogens (tertiary/aromatic N) is 1. The Morgan fingerprint density at radius 2 is 2.04 bits per heavy atom. The van der Waals surface area contributed by atoms with Crippen molar-refractivity contribution < 1.29 is 9.00 Å². The first-order valence-electron chi connectivity index (χ1n) is 9.72. The first-order chi connectivity index (χ1) is 13.0. The van der Waals surface area contributed by atoms with E-state index >= 15 is 0 Å². The summed E-state index contributed by atoms with van der Waals surface area (Å²) >= 11 is 0. The number of aryl methyl sites for hydroxylation is 1. The van der Waals surface area contributed by atoms with Gasteiger partial charge in [-0.1, -0.05) is 31.0 Å². The number of rotatable bonds is 7. The smallest absolute Gasteiger partial charge is 0.251 e. The lowest BCUT2D eigenvalue weighted by Crippen LogP contribution is -2.48. The summed E-state index contributed by atoms with van der Waals surface area (Å²) in [5.74, 6) is 1.39. The lowest BCUT2D eigenvalue weighted by atomic mass is 9.95. The fourth-order valence-corrected chi connectivity index (χ4v) is 4.73. The molecule has 0 bridgehead atoms. The summed E-state index contributed by atoms with van der Waals surface area (Å²) in [6, 6.07) is 7.85. The third-order valence-corrected chi connectivity index (χ3v) is 6.57. The Hall–Kier alpha value is -1.89. The Balaban J connectivity index is 1.72. The second kappa shape index (κ2) is 11.1. The van der Waals surface area contributed by atoms with Crippen LogP contribution in [0, 0.1) is 6.92 Å². The molecule has 6 nitrogen and oxygen atoms in total. The molecule has 7 heteroatoms. The number of hydrogen-bond acceptors (Lipinski definition) is 3. The molecule has 0 saturated heterocycles. The van der Waals surface area contributed by atoms with Crippen LogP contribution in [0.3, 0.4) is 0 Å². The van der Waals surface area contributed by atoms with Gasteiger partial charge in [0.15, 0.2) is 5.96 Å². The maximum absolute atomic E-state index is 12.1. The van der Waals surface area contributed by atoms with Crippen LogP contribution in [0.1, 0.15) is 48.5 Å². The van der Waals surface area contributed by atoms with Gasteiger partial charge in [-0.2, -0.15) is 0 Å². The number of carbonyl (C=O) groups is 1. The number of guanidine groups is 1. The Morgan fingerprint density at radius 3 is 2.74 bits per heavy atom. The highest BCUT2D eigenvalue weighted by atomic mass is 32.2. The third kappa shape index (κ3) is 6.97. The highest BCUT2D eigenvalue weighted by molar-refractivity contribution is 7.85. The minimum atomic E-state index is -0.731. The minimum Gasteiger partial charge on any atom is -0.355 e. The zero-order chi connectivity index (χ0) is 19.6. The molecule has 0 spiro atoms. The first kappa shape index (κ1) is 21.4. The van der Waals surface area contributed by atoms with Gasteiger partial charge >= 0.3 is 0 Å². The van der Waals surface area contributed by atoms with Crippen LogP contribution >= 0.6 is 0 Å². The van der Waals surface area contributed by atoms with Crippen LogP contribution in [0.5, 0.6) is 0 Å². The molecule has 2 rings (SSSR count). The van der Waals surface area contributed by atoms with Gasteiger partial charge in [-0.3, -0.25) is 14.0 Å². The van der Waals surface area contributed by atoms with Crippen molar-refractivity contribution in [3.63, 3.8) is 0 Å². The van der Waals surface area contributed by atoms with Crippen molar-refractivity contribution in [1.82, 2.24) is 16.0 Å². The Morgan fingerprint density at radius 1 is 1.26 bits per heavy atom. The van der Waals surface area contributed by atoms with Crippen LogP contribution in [0.15, 0.2) is 29.3 Å². The molecule has 1 aromatic rings. The van der Waals surface area contributed by atoms with Gasteiger partial charge in [-0.15, -0.1) is 0 Å². The van der Waals surface area contributed by atoms with Crippen molar-refractivity contribution >= 4 is 22.7 Å². The summed E-state index contributed by atoms with van der Waals surface area (Å²) < 4.78 is 12.1. The van der Waals surface area contributed by atoms with Crippen LogP contribution in [-0.2, 0) is 10.8 Å². The molecule has 0 aliphatic heterocycles. The number of benzene rings is 1. The molecule has 1 saturated carbocycles. The van der Waals surface area contributed by atoms with Gasteiger partial charge in [-0.05, 0) is 38.3 Å². The van der Waals surface area contributed by atoms with Gasteiger partial charge in [0.05, 0.1) is 0 Å². The minimum absolute atomic E-state index is 0.0689. The van der Waals surface area contributed by atoms with Crippen molar-refractivity contribution in [3.05, 3.63) is 35.4 Å². The average molecular weight is 393 g/mol. The standard InChI is InChI=1S/C20H32N4O2S/c1-4-27(26)18-10-6-9-17(14-18)24-20(21-3)23-12-11-22-19(25)16-8-5-7-15(2)13-16/h5,7-8,13,17-18H,4,6,9-12,14H2,1-3H3,(H,22,25)(H2,21,23,24). The molecule has 1 aromatic carbocycles. The fraction of sp³-hybridized carbons (Fsp3) is 0.600. The molecule has 0 heterocycles. The number of amides is 1. The van der Waals surface area contributed by atoms with Gasteiger partial charge in [-0.25, -0.2) is 0 Å². The van der Waals surface area contributed by atoms with Crippen LogP contribution in [-0.4, -0.2) is 53.3 Å². The molecule has 150 valence electrons. The molecule has 1 aliphatic rings. The molecule has 3 N–H and O–H groups in total. The molecule has 1 fully saturated rings.